The fourth-order valence-corrected chi connectivity index (χ4v) is 3.89. The average molecular weight is 584 g/mol. The van der Waals surface area contributed by atoms with Crippen molar-refractivity contribution in [1.29, 1.82) is 0 Å². The Balaban J connectivity index is 1.99. The van der Waals surface area contributed by atoms with Crippen molar-refractivity contribution in [2.75, 3.05) is 6.61 Å². The molecule has 0 radical (unpaired) electrons. The van der Waals surface area contributed by atoms with Crippen LogP contribution < -0.4 is 9.47 Å². The van der Waals surface area contributed by atoms with Crippen LogP contribution in [-0.2, 0) is 6.18 Å². The molecule has 0 aliphatic rings. The van der Waals surface area contributed by atoms with Crippen molar-refractivity contribution < 1.29 is 27.6 Å². The van der Waals surface area contributed by atoms with E-state index >= 15 is 0 Å². The van der Waals surface area contributed by atoms with Gasteiger partial charge in [0, 0.05) is 12.3 Å². The van der Waals surface area contributed by atoms with Crippen molar-refractivity contribution in [3.63, 3.8) is 0 Å². The average Bonchev–Trinajstić information content (AvgIpc) is 2.75. The van der Waals surface area contributed by atoms with E-state index in [2.05, 4.69) is 4.99 Å². The van der Waals surface area contributed by atoms with Crippen LogP contribution in [0.15, 0.2) is 53.5 Å². The zero-order valence-corrected chi connectivity index (χ0v) is 20.6. The minimum atomic E-state index is -4.72. The van der Waals surface area contributed by atoms with Gasteiger partial charge < -0.3 is 9.47 Å². The summed E-state index contributed by atoms with van der Waals surface area (Å²) in [6.07, 6.45) is -3.06. The van der Waals surface area contributed by atoms with Crippen molar-refractivity contribution >= 4 is 40.2 Å². The number of alkyl halides is 3. The smallest absolute Gasteiger partial charge is 0.416 e. The van der Waals surface area contributed by atoms with Crippen LogP contribution in [0.2, 0.25) is 0 Å². The van der Waals surface area contributed by atoms with Crippen LogP contribution in [-0.4, -0.2) is 17.7 Å². The second-order valence-corrected chi connectivity index (χ2v) is 8.51. The normalized spacial score (nSPS) is 11.6. The Kier molecular flexibility index (Phi) is 7.80. The molecule has 10 heteroatoms. The van der Waals surface area contributed by atoms with Gasteiger partial charge in [-0.25, -0.2) is 0 Å². The van der Waals surface area contributed by atoms with Crippen molar-refractivity contribution in [2.45, 2.75) is 26.9 Å². The second kappa shape index (κ2) is 10.4. The van der Waals surface area contributed by atoms with E-state index in [1.54, 1.807) is 25.3 Å². The van der Waals surface area contributed by atoms with Gasteiger partial charge in [-0.2, -0.15) is 13.2 Å². The minimum Gasteiger partial charge on any atom is -0.490 e. The van der Waals surface area contributed by atoms with E-state index in [4.69, 9.17) is 9.47 Å². The van der Waals surface area contributed by atoms with Gasteiger partial charge in [-0.1, -0.05) is 17.7 Å². The second-order valence-electron chi connectivity index (χ2n) is 7.35. The molecule has 0 saturated heterocycles. The van der Waals surface area contributed by atoms with Crippen molar-refractivity contribution in [3.05, 3.63) is 84.5 Å². The molecule has 0 aliphatic heterocycles. The number of hydrogen-bond acceptors (Lipinski definition) is 5. The van der Waals surface area contributed by atoms with E-state index in [9.17, 15) is 23.3 Å². The van der Waals surface area contributed by atoms with Crippen molar-refractivity contribution in [2.24, 2.45) is 4.99 Å². The summed E-state index contributed by atoms with van der Waals surface area (Å²) in [5.41, 5.74) is 1.72. The zero-order chi connectivity index (χ0) is 25.0. The summed E-state index contributed by atoms with van der Waals surface area (Å²) >= 11 is 1.98. The number of benzene rings is 3. The Labute approximate surface area is 207 Å². The number of rotatable bonds is 7. The molecule has 0 bridgehead atoms. The molecule has 3 aromatic carbocycles. The summed E-state index contributed by atoms with van der Waals surface area (Å²) in [7, 11) is 0. The van der Waals surface area contributed by atoms with Gasteiger partial charge in [0.2, 0.25) is 5.75 Å². The molecule has 0 unspecified atom stereocenters. The van der Waals surface area contributed by atoms with Crippen LogP contribution in [0.3, 0.4) is 0 Å². The molecule has 0 aromatic heterocycles. The first-order chi connectivity index (χ1) is 16.0. The summed E-state index contributed by atoms with van der Waals surface area (Å²) in [4.78, 5) is 15.0. The van der Waals surface area contributed by atoms with Gasteiger partial charge in [0.25, 0.3) is 0 Å². The minimum absolute atomic E-state index is 0.161. The molecule has 3 aromatic rings. The molecule has 0 N–H and O–H groups in total. The summed E-state index contributed by atoms with van der Waals surface area (Å²) in [6.45, 7) is 5.99. The molecule has 0 saturated carbocycles. The molecule has 0 aliphatic carbocycles. The third kappa shape index (κ3) is 6.04. The molecule has 34 heavy (non-hydrogen) atoms. The third-order valence-corrected chi connectivity index (χ3v) is 5.53. The van der Waals surface area contributed by atoms with Gasteiger partial charge in [-0.3, -0.25) is 15.1 Å². The molecule has 178 valence electrons. The quantitative estimate of drug-likeness (QED) is 0.123. The lowest BCUT2D eigenvalue weighted by atomic mass is 10.1. The first-order valence-corrected chi connectivity index (χ1v) is 11.2. The predicted molar refractivity (Wildman–Crippen MR) is 132 cm³/mol. The fourth-order valence-electron chi connectivity index (χ4n) is 3.15. The molecule has 6 nitrogen and oxygen atoms in total. The van der Waals surface area contributed by atoms with E-state index in [0.717, 1.165) is 28.9 Å². The third-order valence-electron chi connectivity index (χ3n) is 4.73. The monoisotopic (exact) mass is 584 g/mol. The Bertz CT molecular complexity index is 1260. The van der Waals surface area contributed by atoms with Gasteiger partial charge in [-0.15, -0.1) is 0 Å². The van der Waals surface area contributed by atoms with Crippen LogP contribution in [0.5, 0.6) is 17.2 Å². The fraction of sp³-hybridized carbons (Fsp3) is 0.208. The number of nitrogens with zero attached hydrogens (tertiary/aromatic N) is 2. The van der Waals surface area contributed by atoms with Crippen LogP contribution >= 0.6 is 22.6 Å². The maximum Gasteiger partial charge on any atom is 0.416 e. The molecule has 0 amide bonds. The number of nitro benzene ring substituents is 1. The largest absolute Gasteiger partial charge is 0.490 e. The maximum absolute atomic E-state index is 13.0. The highest BCUT2D eigenvalue weighted by molar-refractivity contribution is 14.1. The zero-order valence-electron chi connectivity index (χ0n) is 18.4. The Morgan fingerprint density at radius 3 is 2.44 bits per heavy atom. The maximum atomic E-state index is 13.0. The lowest BCUT2D eigenvalue weighted by Gasteiger charge is -2.15. The van der Waals surface area contributed by atoms with Gasteiger partial charge in [0.15, 0.2) is 11.5 Å². The topological polar surface area (TPSA) is 74.0 Å². The Hall–Kier alpha value is -3.15. The number of ether oxygens (including phenoxy) is 2. The molecular weight excluding hydrogens is 564 g/mol. The number of aryl methyl sites for hydroxylation is 2. The van der Waals surface area contributed by atoms with Gasteiger partial charge in [0.05, 0.1) is 26.4 Å². The molecule has 0 heterocycles. The number of halogens is 4. The number of aliphatic imine (C=N–C) groups is 1. The summed E-state index contributed by atoms with van der Waals surface area (Å²) in [5.74, 6) is 0.119. The lowest BCUT2D eigenvalue weighted by molar-refractivity contribution is -0.385. The molecule has 0 atom stereocenters. The van der Waals surface area contributed by atoms with Crippen LogP contribution in [0, 0.1) is 27.5 Å². The van der Waals surface area contributed by atoms with Crippen LogP contribution in [0.1, 0.15) is 29.2 Å². The first kappa shape index (κ1) is 25.5. The number of nitro groups is 1. The van der Waals surface area contributed by atoms with E-state index in [-0.39, 0.29) is 23.9 Å². The van der Waals surface area contributed by atoms with Gasteiger partial charge in [0.1, 0.15) is 0 Å². The standard InChI is InChI=1S/C24H20F3IN2O4/c1-4-33-22-11-16(13-29-19-7-5-14(2)9-15(19)3)10-18(28)23(22)34-21-8-6-17(24(25,26)27)12-20(21)30(31)32/h5-13H,4H2,1-3H3. The van der Waals surface area contributed by atoms with Crippen molar-refractivity contribution in [1.82, 2.24) is 0 Å². The van der Waals surface area contributed by atoms with E-state index in [0.29, 0.717) is 15.2 Å². The van der Waals surface area contributed by atoms with E-state index in [1.807, 2.05) is 54.6 Å². The molecular formula is C24H20F3IN2O4. The van der Waals surface area contributed by atoms with Crippen LogP contribution in [0.25, 0.3) is 0 Å². The summed E-state index contributed by atoms with van der Waals surface area (Å²) in [5, 5.41) is 11.4. The predicted octanol–water partition coefficient (Wildman–Crippen LogP) is 7.78. The van der Waals surface area contributed by atoms with Crippen molar-refractivity contribution in [3.8, 4) is 17.2 Å². The molecule has 3 rings (SSSR count). The highest BCUT2D eigenvalue weighted by Crippen LogP contribution is 2.42. The van der Waals surface area contributed by atoms with E-state index in [1.165, 1.54) is 0 Å². The van der Waals surface area contributed by atoms with Gasteiger partial charge in [-0.05, 0) is 84.8 Å². The number of hydrogen-bond donors (Lipinski definition) is 0. The summed E-state index contributed by atoms with van der Waals surface area (Å²) in [6, 6.07) is 11.4. The SMILES string of the molecule is CCOc1cc(C=Nc2ccc(C)cc2C)cc(I)c1Oc1ccc(C(F)(F)F)cc1[N+](=O)[O-]. The summed E-state index contributed by atoms with van der Waals surface area (Å²) < 4.78 is 50.9. The highest BCUT2D eigenvalue weighted by atomic mass is 127. The molecule has 0 fully saturated rings. The first-order valence-electron chi connectivity index (χ1n) is 10.1. The lowest BCUT2D eigenvalue weighted by Crippen LogP contribution is -2.06. The Morgan fingerprint density at radius 2 is 1.82 bits per heavy atom. The molecule has 0 spiro atoms. The Morgan fingerprint density at radius 1 is 1.09 bits per heavy atom. The highest BCUT2D eigenvalue weighted by Gasteiger charge is 2.33. The van der Waals surface area contributed by atoms with Gasteiger partial charge >= 0.3 is 11.9 Å². The van der Waals surface area contributed by atoms with E-state index < -0.39 is 22.4 Å². The van der Waals surface area contributed by atoms with Crippen LogP contribution in [0.4, 0.5) is 24.5 Å².